The normalized spacial score (nSPS) is 20.3. The fourth-order valence-electron chi connectivity index (χ4n) is 2.31. The second kappa shape index (κ2) is 5.74. The molecule has 1 fully saturated rings. The molecule has 1 aromatic rings. The standard InChI is InChI=1S/C11H19N3O3S2/c1-3-14(7-9-5-4-6-12-9)19(16,17)10-8(2)13-11(15)18-10/h9,12H,3-7H2,1-2H3,(H,13,15). The quantitative estimate of drug-likeness (QED) is 0.830. The maximum Gasteiger partial charge on any atom is 0.305 e. The summed E-state index contributed by atoms with van der Waals surface area (Å²) in [7, 11) is -3.57. The van der Waals surface area contributed by atoms with Crippen molar-refractivity contribution in [1.82, 2.24) is 14.6 Å². The molecule has 8 heteroatoms. The number of sulfonamides is 1. The Morgan fingerprint density at radius 1 is 1.47 bits per heavy atom. The van der Waals surface area contributed by atoms with Crippen molar-refractivity contribution in [3.05, 3.63) is 15.4 Å². The first kappa shape index (κ1) is 14.7. The molecule has 0 bridgehead atoms. The van der Waals surface area contributed by atoms with Crippen molar-refractivity contribution >= 4 is 21.4 Å². The van der Waals surface area contributed by atoms with E-state index in [2.05, 4.69) is 10.3 Å². The number of rotatable bonds is 5. The highest BCUT2D eigenvalue weighted by molar-refractivity contribution is 7.91. The molecule has 108 valence electrons. The van der Waals surface area contributed by atoms with Gasteiger partial charge in [0, 0.05) is 24.8 Å². The van der Waals surface area contributed by atoms with Crippen molar-refractivity contribution in [1.29, 1.82) is 0 Å². The number of H-pyrrole nitrogens is 1. The summed E-state index contributed by atoms with van der Waals surface area (Å²) in [5.41, 5.74) is 0.424. The van der Waals surface area contributed by atoms with E-state index in [1.165, 1.54) is 4.31 Å². The molecule has 1 aromatic heterocycles. The van der Waals surface area contributed by atoms with Crippen LogP contribution >= 0.6 is 11.3 Å². The van der Waals surface area contributed by atoms with E-state index in [1.807, 2.05) is 6.92 Å². The average molecular weight is 305 g/mol. The molecule has 2 rings (SSSR count). The van der Waals surface area contributed by atoms with E-state index in [-0.39, 0.29) is 15.1 Å². The van der Waals surface area contributed by atoms with Gasteiger partial charge in [0.25, 0.3) is 10.0 Å². The Kier molecular flexibility index (Phi) is 4.44. The Balaban J connectivity index is 2.25. The van der Waals surface area contributed by atoms with Crippen LogP contribution in [0.25, 0.3) is 0 Å². The van der Waals surface area contributed by atoms with E-state index in [0.717, 1.165) is 30.7 Å². The molecule has 1 aliphatic heterocycles. The molecule has 0 spiro atoms. The lowest BCUT2D eigenvalue weighted by Crippen LogP contribution is -2.40. The Labute approximate surface area is 116 Å². The number of likely N-dealkylation sites (N-methyl/N-ethyl adjacent to an activating group) is 1. The minimum atomic E-state index is -3.57. The number of thiazole rings is 1. The predicted molar refractivity (Wildman–Crippen MR) is 75.1 cm³/mol. The first-order chi connectivity index (χ1) is 8.95. The number of hydrogen-bond acceptors (Lipinski definition) is 5. The molecule has 1 unspecified atom stereocenters. The molecular formula is C11H19N3O3S2. The molecule has 1 saturated heterocycles. The van der Waals surface area contributed by atoms with Crippen molar-refractivity contribution in [2.75, 3.05) is 19.6 Å². The lowest BCUT2D eigenvalue weighted by Gasteiger charge is -2.23. The lowest BCUT2D eigenvalue weighted by atomic mass is 10.2. The largest absolute Gasteiger partial charge is 0.315 e. The Bertz CT molecular complexity index is 585. The molecule has 6 nitrogen and oxygen atoms in total. The van der Waals surface area contributed by atoms with Crippen LogP contribution < -0.4 is 10.2 Å². The van der Waals surface area contributed by atoms with Gasteiger partial charge < -0.3 is 10.3 Å². The van der Waals surface area contributed by atoms with Gasteiger partial charge in [-0.15, -0.1) is 0 Å². The van der Waals surface area contributed by atoms with Gasteiger partial charge in [0.15, 0.2) is 4.21 Å². The predicted octanol–water partition coefficient (Wildman–Crippen LogP) is 0.507. The fraction of sp³-hybridized carbons (Fsp3) is 0.727. The lowest BCUT2D eigenvalue weighted by molar-refractivity contribution is 0.383. The summed E-state index contributed by atoms with van der Waals surface area (Å²) >= 11 is 0.762. The maximum absolute atomic E-state index is 12.5. The summed E-state index contributed by atoms with van der Waals surface area (Å²) < 4.78 is 26.7. The molecule has 2 heterocycles. The van der Waals surface area contributed by atoms with Crippen LogP contribution in [0.3, 0.4) is 0 Å². The molecule has 0 radical (unpaired) electrons. The van der Waals surface area contributed by atoms with Crippen LogP contribution in [0.15, 0.2) is 9.00 Å². The zero-order chi connectivity index (χ0) is 14.0. The molecule has 1 atom stereocenters. The van der Waals surface area contributed by atoms with E-state index in [0.29, 0.717) is 18.8 Å². The highest BCUT2D eigenvalue weighted by atomic mass is 32.2. The van der Waals surface area contributed by atoms with Crippen LogP contribution in [-0.4, -0.2) is 43.4 Å². The van der Waals surface area contributed by atoms with Gasteiger partial charge in [-0.2, -0.15) is 4.31 Å². The molecule has 1 aliphatic rings. The van der Waals surface area contributed by atoms with E-state index in [4.69, 9.17) is 0 Å². The van der Waals surface area contributed by atoms with Gasteiger partial charge in [-0.3, -0.25) is 4.79 Å². The summed E-state index contributed by atoms with van der Waals surface area (Å²) in [5, 5.41) is 3.29. The highest BCUT2D eigenvalue weighted by Crippen LogP contribution is 2.22. The Hall–Kier alpha value is -0.700. The van der Waals surface area contributed by atoms with Crippen molar-refractivity contribution in [2.24, 2.45) is 0 Å². The van der Waals surface area contributed by atoms with Gasteiger partial charge >= 0.3 is 4.87 Å². The minimum Gasteiger partial charge on any atom is -0.315 e. The first-order valence-electron chi connectivity index (χ1n) is 6.38. The van der Waals surface area contributed by atoms with Gasteiger partial charge in [0.1, 0.15) is 0 Å². The summed E-state index contributed by atoms with van der Waals surface area (Å²) in [6.07, 6.45) is 2.08. The van der Waals surface area contributed by atoms with Crippen LogP contribution in [0.1, 0.15) is 25.5 Å². The van der Waals surface area contributed by atoms with E-state index >= 15 is 0 Å². The van der Waals surface area contributed by atoms with Crippen molar-refractivity contribution < 1.29 is 8.42 Å². The monoisotopic (exact) mass is 305 g/mol. The third-order valence-electron chi connectivity index (χ3n) is 3.29. The van der Waals surface area contributed by atoms with Gasteiger partial charge in [-0.05, 0) is 26.3 Å². The number of aromatic nitrogens is 1. The highest BCUT2D eigenvalue weighted by Gasteiger charge is 2.30. The van der Waals surface area contributed by atoms with Gasteiger partial charge in [0.05, 0.1) is 0 Å². The number of nitrogens with one attached hydrogen (secondary N) is 2. The first-order valence-corrected chi connectivity index (χ1v) is 8.64. The third kappa shape index (κ3) is 3.07. The summed E-state index contributed by atoms with van der Waals surface area (Å²) in [6.45, 7) is 5.25. The molecule has 2 N–H and O–H groups in total. The third-order valence-corrected chi connectivity index (χ3v) is 6.82. The SMILES string of the molecule is CCN(CC1CCCN1)S(=O)(=O)c1sc(=O)[nH]c1C. The molecule has 19 heavy (non-hydrogen) atoms. The fourth-order valence-corrected chi connectivity index (χ4v) is 5.24. The van der Waals surface area contributed by atoms with Crippen LogP contribution in [0.2, 0.25) is 0 Å². The van der Waals surface area contributed by atoms with Crippen LogP contribution in [0, 0.1) is 6.92 Å². The van der Waals surface area contributed by atoms with Crippen molar-refractivity contribution in [3.63, 3.8) is 0 Å². The molecule has 0 aliphatic carbocycles. The number of hydrogen-bond donors (Lipinski definition) is 2. The summed E-state index contributed by atoms with van der Waals surface area (Å²) in [5.74, 6) is 0. The molecule has 0 amide bonds. The van der Waals surface area contributed by atoms with Gasteiger partial charge in [-0.25, -0.2) is 8.42 Å². The average Bonchev–Trinajstić information content (AvgIpc) is 2.95. The maximum atomic E-state index is 12.5. The smallest absolute Gasteiger partial charge is 0.305 e. The number of aryl methyl sites for hydroxylation is 1. The zero-order valence-electron chi connectivity index (χ0n) is 11.1. The second-order valence-electron chi connectivity index (χ2n) is 4.68. The Morgan fingerprint density at radius 3 is 2.68 bits per heavy atom. The van der Waals surface area contributed by atoms with E-state index in [1.54, 1.807) is 6.92 Å². The molecular weight excluding hydrogens is 286 g/mol. The summed E-state index contributed by atoms with van der Waals surface area (Å²) in [6, 6.07) is 0.214. The summed E-state index contributed by atoms with van der Waals surface area (Å²) in [4.78, 5) is 13.5. The van der Waals surface area contributed by atoms with E-state index in [9.17, 15) is 13.2 Å². The zero-order valence-corrected chi connectivity index (χ0v) is 12.7. The minimum absolute atomic E-state index is 0.136. The Morgan fingerprint density at radius 2 is 2.21 bits per heavy atom. The van der Waals surface area contributed by atoms with Crippen molar-refractivity contribution in [3.8, 4) is 0 Å². The number of nitrogens with zero attached hydrogens (tertiary/aromatic N) is 1. The van der Waals surface area contributed by atoms with Crippen LogP contribution in [0.5, 0.6) is 0 Å². The van der Waals surface area contributed by atoms with Crippen molar-refractivity contribution in [2.45, 2.75) is 36.9 Å². The molecule has 0 saturated carbocycles. The van der Waals surface area contributed by atoms with Gasteiger partial charge in [-0.1, -0.05) is 18.3 Å². The second-order valence-corrected chi connectivity index (χ2v) is 7.79. The topological polar surface area (TPSA) is 82.3 Å². The van der Waals surface area contributed by atoms with Crippen LogP contribution in [-0.2, 0) is 10.0 Å². The van der Waals surface area contributed by atoms with Crippen LogP contribution in [0.4, 0.5) is 0 Å². The molecule has 0 aromatic carbocycles. The number of aromatic amines is 1. The van der Waals surface area contributed by atoms with Gasteiger partial charge in [0.2, 0.25) is 0 Å². The van der Waals surface area contributed by atoms with E-state index < -0.39 is 10.0 Å².